The maximum absolute atomic E-state index is 13.8. The van der Waals surface area contributed by atoms with Gasteiger partial charge in [0.05, 0.1) is 0 Å². The molecular weight excluding hydrogens is 343 g/mol. The molecule has 1 unspecified atom stereocenters. The maximum Gasteiger partial charge on any atom is 0.127 e. The van der Waals surface area contributed by atoms with E-state index in [1.807, 2.05) is 30.3 Å². The Morgan fingerprint density at radius 1 is 1.20 bits per heavy atom. The van der Waals surface area contributed by atoms with Crippen molar-refractivity contribution in [3.8, 4) is 0 Å². The third-order valence-electron chi connectivity index (χ3n) is 3.09. The molecule has 3 N–H and O–H groups in total. The Bertz CT molecular complexity index is 592. The van der Waals surface area contributed by atoms with E-state index in [9.17, 15) is 4.39 Å². The van der Waals surface area contributed by atoms with E-state index < -0.39 is 0 Å². The van der Waals surface area contributed by atoms with E-state index in [0.717, 1.165) is 10.0 Å². The van der Waals surface area contributed by atoms with Crippen molar-refractivity contribution < 1.29 is 4.39 Å². The summed E-state index contributed by atoms with van der Waals surface area (Å²) >= 11 is 9.20. The molecule has 0 aliphatic rings. The van der Waals surface area contributed by atoms with Crippen molar-refractivity contribution in [1.82, 2.24) is 5.43 Å². The first-order chi connectivity index (χ1) is 9.58. The van der Waals surface area contributed by atoms with Crippen molar-refractivity contribution in [1.29, 1.82) is 0 Å². The lowest BCUT2D eigenvalue weighted by molar-refractivity contribution is 0.506. The fourth-order valence-corrected chi connectivity index (χ4v) is 2.64. The Hall–Kier alpha value is -0.940. The van der Waals surface area contributed by atoms with E-state index >= 15 is 0 Å². The molecule has 0 saturated heterocycles. The van der Waals surface area contributed by atoms with E-state index in [0.29, 0.717) is 23.4 Å². The van der Waals surface area contributed by atoms with Gasteiger partial charge in [-0.1, -0.05) is 45.7 Å². The number of hydrogen-bond acceptors (Lipinski definition) is 2. The molecule has 0 aliphatic carbocycles. The van der Waals surface area contributed by atoms with Gasteiger partial charge >= 0.3 is 0 Å². The van der Waals surface area contributed by atoms with Crippen LogP contribution in [0.5, 0.6) is 0 Å². The Kier molecular flexibility index (Phi) is 5.54. The van der Waals surface area contributed by atoms with Crippen LogP contribution >= 0.6 is 27.5 Å². The Morgan fingerprint density at radius 2 is 2.00 bits per heavy atom. The van der Waals surface area contributed by atoms with Gasteiger partial charge in [0.2, 0.25) is 0 Å². The highest BCUT2D eigenvalue weighted by atomic mass is 79.9. The second-order valence-corrected chi connectivity index (χ2v) is 5.99. The van der Waals surface area contributed by atoms with Crippen LogP contribution in [0.15, 0.2) is 46.9 Å². The monoisotopic (exact) mass is 356 g/mol. The van der Waals surface area contributed by atoms with Crippen LogP contribution in [0.2, 0.25) is 5.02 Å². The van der Waals surface area contributed by atoms with E-state index in [1.54, 1.807) is 6.07 Å². The van der Waals surface area contributed by atoms with Gasteiger partial charge in [-0.05, 0) is 48.2 Å². The van der Waals surface area contributed by atoms with E-state index in [-0.39, 0.29) is 11.9 Å². The van der Waals surface area contributed by atoms with Gasteiger partial charge in [-0.15, -0.1) is 0 Å². The molecule has 2 rings (SSSR count). The molecule has 0 aromatic heterocycles. The van der Waals surface area contributed by atoms with Crippen LogP contribution in [0, 0.1) is 5.82 Å². The summed E-state index contributed by atoms with van der Waals surface area (Å²) in [5.41, 5.74) is 4.44. The summed E-state index contributed by atoms with van der Waals surface area (Å²) in [6.07, 6.45) is 1.20. The third kappa shape index (κ3) is 4.28. The van der Waals surface area contributed by atoms with E-state index in [4.69, 9.17) is 17.4 Å². The molecule has 1 atom stereocenters. The van der Waals surface area contributed by atoms with Crippen LogP contribution in [-0.4, -0.2) is 6.04 Å². The predicted molar refractivity (Wildman–Crippen MR) is 84.1 cm³/mol. The molecule has 20 heavy (non-hydrogen) atoms. The van der Waals surface area contributed by atoms with E-state index in [2.05, 4.69) is 21.4 Å². The van der Waals surface area contributed by atoms with Gasteiger partial charge in [0, 0.05) is 15.5 Å². The summed E-state index contributed by atoms with van der Waals surface area (Å²) < 4.78 is 14.6. The van der Waals surface area contributed by atoms with Crippen molar-refractivity contribution >= 4 is 27.5 Å². The summed E-state index contributed by atoms with van der Waals surface area (Å²) in [6.45, 7) is 0. The van der Waals surface area contributed by atoms with Crippen LogP contribution in [0.25, 0.3) is 0 Å². The van der Waals surface area contributed by atoms with E-state index in [1.165, 1.54) is 6.07 Å². The Balaban J connectivity index is 2.09. The number of halogens is 3. The minimum absolute atomic E-state index is 0.0517. The molecular formula is C15H15BrClFN2. The zero-order valence-electron chi connectivity index (χ0n) is 10.7. The first-order valence-electron chi connectivity index (χ1n) is 6.23. The quantitative estimate of drug-likeness (QED) is 0.630. The van der Waals surface area contributed by atoms with Gasteiger partial charge in [0.1, 0.15) is 5.82 Å². The molecule has 0 radical (unpaired) electrons. The molecule has 0 amide bonds. The van der Waals surface area contributed by atoms with Crippen molar-refractivity contribution in [2.24, 2.45) is 5.84 Å². The van der Waals surface area contributed by atoms with Crippen molar-refractivity contribution in [3.63, 3.8) is 0 Å². The van der Waals surface area contributed by atoms with Gasteiger partial charge in [-0.25, -0.2) is 4.39 Å². The van der Waals surface area contributed by atoms with Gasteiger partial charge in [0.15, 0.2) is 0 Å². The van der Waals surface area contributed by atoms with Crippen LogP contribution in [-0.2, 0) is 12.8 Å². The zero-order valence-corrected chi connectivity index (χ0v) is 13.1. The molecule has 0 heterocycles. The Morgan fingerprint density at radius 3 is 2.65 bits per heavy atom. The molecule has 0 aliphatic heterocycles. The summed E-state index contributed by atoms with van der Waals surface area (Å²) in [7, 11) is 0. The third-order valence-corrected chi connectivity index (χ3v) is 3.82. The standard InChI is InChI=1S/C15H15BrClFN2/c16-12-5-4-11(15(18)9-12)8-14(20-19)7-10-2-1-3-13(17)6-10/h1-6,9,14,20H,7-8,19H2. The summed E-state index contributed by atoms with van der Waals surface area (Å²) in [5, 5.41) is 0.688. The van der Waals surface area contributed by atoms with Gasteiger partial charge in [0.25, 0.3) is 0 Å². The zero-order chi connectivity index (χ0) is 14.5. The van der Waals surface area contributed by atoms with Crippen LogP contribution in [0.1, 0.15) is 11.1 Å². The molecule has 0 saturated carbocycles. The molecule has 2 nitrogen and oxygen atoms in total. The highest BCUT2D eigenvalue weighted by Crippen LogP contribution is 2.18. The average Bonchev–Trinajstić information content (AvgIpc) is 2.41. The molecule has 2 aromatic carbocycles. The lowest BCUT2D eigenvalue weighted by atomic mass is 9.99. The summed E-state index contributed by atoms with van der Waals surface area (Å²) in [5.74, 6) is 5.34. The topological polar surface area (TPSA) is 38.0 Å². The van der Waals surface area contributed by atoms with Crippen molar-refractivity contribution in [2.45, 2.75) is 18.9 Å². The summed E-state index contributed by atoms with van der Waals surface area (Å²) in [6, 6.07) is 12.6. The highest BCUT2D eigenvalue weighted by molar-refractivity contribution is 9.10. The van der Waals surface area contributed by atoms with Gasteiger partial charge < -0.3 is 0 Å². The maximum atomic E-state index is 13.8. The number of nitrogens with two attached hydrogens (primary N) is 1. The average molecular weight is 358 g/mol. The first-order valence-corrected chi connectivity index (χ1v) is 7.40. The smallest absolute Gasteiger partial charge is 0.127 e. The number of hydrogen-bond donors (Lipinski definition) is 2. The molecule has 0 bridgehead atoms. The second kappa shape index (κ2) is 7.18. The number of benzene rings is 2. The van der Waals surface area contributed by atoms with Crippen molar-refractivity contribution in [3.05, 3.63) is 68.9 Å². The molecule has 106 valence electrons. The second-order valence-electron chi connectivity index (χ2n) is 4.64. The molecule has 0 spiro atoms. The Labute approximate surface area is 131 Å². The largest absolute Gasteiger partial charge is 0.271 e. The molecule has 0 fully saturated rings. The van der Waals surface area contributed by atoms with Crippen molar-refractivity contribution in [2.75, 3.05) is 0 Å². The molecule has 5 heteroatoms. The van der Waals surface area contributed by atoms with Gasteiger partial charge in [-0.2, -0.15) is 0 Å². The number of hydrazine groups is 1. The number of nitrogens with one attached hydrogen (secondary N) is 1. The highest BCUT2D eigenvalue weighted by Gasteiger charge is 2.12. The van der Waals surface area contributed by atoms with Gasteiger partial charge in [-0.3, -0.25) is 11.3 Å². The lowest BCUT2D eigenvalue weighted by Gasteiger charge is -2.16. The fraction of sp³-hybridized carbons (Fsp3) is 0.200. The number of rotatable bonds is 5. The van der Waals surface area contributed by atoms with Crippen LogP contribution < -0.4 is 11.3 Å². The first kappa shape index (κ1) is 15.4. The minimum Gasteiger partial charge on any atom is -0.271 e. The SMILES string of the molecule is NNC(Cc1cccc(Cl)c1)Cc1ccc(Br)cc1F. The minimum atomic E-state index is -0.231. The predicted octanol–water partition coefficient (Wildman–Crippen LogP) is 3.86. The lowest BCUT2D eigenvalue weighted by Crippen LogP contribution is -2.38. The summed E-state index contributed by atoms with van der Waals surface area (Å²) in [4.78, 5) is 0. The molecule has 2 aromatic rings. The van der Waals surface area contributed by atoms with Crippen LogP contribution in [0.3, 0.4) is 0 Å². The fourth-order valence-electron chi connectivity index (χ4n) is 2.09. The normalized spacial score (nSPS) is 12.4. The van der Waals surface area contributed by atoms with Crippen LogP contribution in [0.4, 0.5) is 4.39 Å².